The van der Waals surface area contributed by atoms with Gasteiger partial charge in [0.25, 0.3) is 0 Å². The fraction of sp³-hybridized carbons (Fsp3) is 0.105. The van der Waals surface area contributed by atoms with Crippen molar-refractivity contribution in [3.05, 3.63) is 78.0 Å². The first kappa shape index (κ1) is 19.2. The number of nitrogens with one attached hydrogen (secondary N) is 1. The molecule has 4 aromatic rings. The van der Waals surface area contributed by atoms with Crippen molar-refractivity contribution in [3.8, 4) is 5.69 Å². The van der Waals surface area contributed by atoms with Crippen molar-refractivity contribution in [2.24, 2.45) is 0 Å². The number of rotatable bonds is 7. The van der Waals surface area contributed by atoms with E-state index in [1.807, 2.05) is 36.4 Å². The third-order valence-electron chi connectivity index (χ3n) is 3.89. The largest absolute Gasteiger partial charge is 0.308 e. The number of aromatic nitrogens is 6. The van der Waals surface area contributed by atoms with Crippen molar-refractivity contribution in [1.82, 2.24) is 29.5 Å². The molecular weight excluding hydrogens is 410 g/mol. The molecule has 10 heteroatoms. The van der Waals surface area contributed by atoms with Crippen LogP contribution in [0.5, 0.6) is 0 Å². The summed E-state index contributed by atoms with van der Waals surface area (Å²) in [5, 5.41) is 16.4. The van der Waals surface area contributed by atoms with Crippen LogP contribution in [0.15, 0.2) is 72.4 Å². The van der Waals surface area contributed by atoms with Crippen molar-refractivity contribution in [3.63, 3.8) is 0 Å². The number of halogens is 1. The molecule has 3 aromatic heterocycles. The van der Waals surface area contributed by atoms with Crippen LogP contribution in [0.1, 0.15) is 5.69 Å². The maximum Gasteiger partial charge on any atom is 0.236 e. The van der Waals surface area contributed by atoms with Crippen LogP contribution in [-0.4, -0.2) is 41.2 Å². The lowest BCUT2D eigenvalue weighted by molar-refractivity contribution is -0.113. The van der Waals surface area contributed by atoms with E-state index in [1.54, 1.807) is 40.1 Å². The highest BCUT2D eigenvalue weighted by atomic mass is 35.5. The van der Waals surface area contributed by atoms with E-state index < -0.39 is 0 Å². The average molecular weight is 426 g/mol. The second-order valence-corrected chi connectivity index (χ2v) is 7.40. The standard InChI is InChI=1S/C19H16ClN7OS/c20-14-4-3-6-16(10-14)27-13-22-24-19(27)29-12-18(28)23-17-7-9-26(25-17)11-15-5-1-2-8-21-15/h1-10,13H,11-12H2,(H,23,25,28). The molecule has 1 aromatic carbocycles. The lowest BCUT2D eigenvalue weighted by atomic mass is 10.3. The Kier molecular flexibility index (Phi) is 5.87. The lowest BCUT2D eigenvalue weighted by Crippen LogP contribution is -2.15. The summed E-state index contributed by atoms with van der Waals surface area (Å²) in [7, 11) is 0. The molecule has 0 saturated heterocycles. The summed E-state index contributed by atoms with van der Waals surface area (Å²) in [4.78, 5) is 16.6. The van der Waals surface area contributed by atoms with E-state index in [-0.39, 0.29) is 11.7 Å². The zero-order valence-corrected chi connectivity index (χ0v) is 16.7. The molecule has 4 rings (SSSR count). The predicted molar refractivity (Wildman–Crippen MR) is 111 cm³/mol. The summed E-state index contributed by atoms with van der Waals surface area (Å²) in [5.74, 6) is 0.480. The molecule has 0 spiro atoms. The Balaban J connectivity index is 1.34. The number of carbonyl (C=O) groups excluding carboxylic acids is 1. The molecule has 0 radical (unpaired) electrons. The van der Waals surface area contributed by atoms with Crippen LogP contribution < -0.4 is 5.32 Å². The Hall–Kier alpha value is -3.17. The van der Waals surface area contributed by atoms with Gasteiger partial charge in [0.05, 0.1) is 23.7 Å². The molecular formula is C19H16ClN7OS. The van der Waals surface area contributed by atoms with Gasteiger partial charge in [-0.2, -0.15) is 5.10 Å². The van der Waals surface area contributed by atoms with Crippen LogP contribution in [0.25, 0.3) is 5.69 Å². The molecule has 0 saturated carbocycles. The fourth-order valence-electron chi connectivity index (χ4n) is 2.61. The summed E-state index contributed by atoms with van der Waals surface area (Å²) >= 11 is 7.33. The van der Waals surface area contributed by atoms with Crippen molar-refractivity contribution >= 4 is 35.1 Å². The van der Waals surface area contributed by atoms with Crippen LogP contribution in [0, 0.1) is 0 Å². The third kappa shape index (κ3) is 5.01. The summed E-state index contributed by atoms with van der Waals surface area (Å²) in [6, 6.07) is 14.8. The van der Waals surface area contributed by atoms with E-state index in [9.17, 15) is 4.79 Å². The highest BCUT2D eigenvalue weighted by Gasteiger charge is 2.12. The molecule has 0 aliphatic heterocycles. The second kappa shape index (κ2) is 8.89. The van der Waals surface area contributed by atoms with Gasteiger partial charge >= 0.3 is 0 Å². The van der Waals surface area contributed by atoms with E-state index in [2.05, 4.69) is 25.6 Å². The summed E-state index contributed by atoms with van der Waals surface area (Å²) in [6.45, 7) is 0.536. The number of carbonyl (C=O) groups is 1. The van der Waals surface area contributed by atoms with Crippen LogP contribution in [0.3, 0.4) is 0 Å². The number of hydrogen-bond donors (Lipinski definition) is 1. The van der Waals surface area contributed by atoms with Crippen LogP contribution >= 0.6 is 23.4 Å². The van der Waals surface area contributed by atoms with E-state index in [1.165, 1.54) is 11.8 Å². The Morgan fingerprint density at radius 2 is 2.10 bits per heavy atom. The minimum atomic E-state index is -0.182. The zero-order valence-electron chi connectivity index (χ0n) is 15.1. The summed E-state index contributed by atoms with van der Waals surface area (Å²) in [6.07, 6.45) is 5.12. The quantitative estimate of drug-likeness (QED) is 0.457. The molecule has 0 fully saturated rings. The van der Waals surface area contributed by atoms with E-state index >= 15 is 0 Å². The second-order valence-electron chi connectivity index (χ2n) is 6.02. The molecule has 0 atom stereocenters. The number of anilines is 1. The van der Waals surface area contributed by atoms with E-state index in [4.69, 9.17) is 11.6 Å². The third-order valence-corrected chi connectivity index (χ3v) is 5.07. The zero-order chi connectivity index (χ0) is 20.1. The van der Waals surface area contributed by atoms with E-state index in [0.717, 1.165) is 11.4 Å². The first-order valence-corrected chi connectivity index (χ1v) is 10.1. The number of thioether (sulfide) groups is 1. The Labute approximate surface area is 175 Å². The van der Waals surface area contributed by atoms with Gasteiger partial charge in [-0.3, -0.25) is 19.0 Å². The van der Waals surface area contributed by atoms with Crippen LogP contribution in [0.4, 0.5) is 5.82 Å². The maximum atomic E-state index is 12.3. The number of benzene rings is 1. The molecule has 0 aliphatic rings. The van der Waals surface area contributed by atoms with Gasteiger partial charge in [0, 0.05) is 23.5 Å². The molecule has 3 heterocycles. The first-order chi connectivity index (χ1) is 14.2. The van der Waals surface area contributed by atoms with Crippen molar-refractivity contribution in [1.29, 1.82) is 0 Å². The molecule has 1 N–H and O–H groups in total. The van der Waals surface area contributed by atoms with Crippen molar-refractivity contribution < 1.29 is 4.79 Å². The minimum absolute atomic E-state index is 0.173. The number of amides is 1. The SMILES string of the molecule is O=C(CSc1nncn1-c1cccc(Cl)c1)Nc1ccn(Cc2ccccn2)n1. The topological polar surface area (TPSA) is 90.5 Å². The Morgan fingerprint density at radius 1 is 1.17 bits per heavy atom. The summed E-state index contributed by atoms with van der Waals surface area (Å²) in [5.41, 5.74) is 1.73. The minimum Gasteiger partial charge on any atom is -0.308 e. The van der Waals surface area contributed by atoms with E-state index in [0.29, 0.717) is 22.5 Å². The molecule has 8 nitrogen and oxygen atoms in total. The molecule has 0 aliphatic carbocycles. The monoisotopic (exact) mass is 425 g/mol. The smallest absolute Gasteiger partial charge is 0.236 e. The van der Waals surface area contributed by atoms with Gasteiger partial charge in [0.15, 0.2) is 11.0 Å². The molecule has 29 heavy (non-hydrogen) atoms. The lowest BCUT2D eigenvalue weighted by Gasteiger charge is -2.06. The summed E-state index contributed by atoms with van der Waals surface area (Å²) < 4.78 is 3.51. The van der Waals surface area contributed by atoms with Crippen LogP contribution in [0.2, 0.25) is 5.02 Å². The molecule has 0 bridgehead atoms. The molecule has 1 amide bonds. The highest BCUT2D eigenvalue weighted by molar-refractivity contribution is 7.99. The van der Waals surface area contributed by atoms with Gasteiger partial charge in [0.1, 0.15) is 6.33 Å². The predicted octanol–water partition coefficient (Wildman–Crippen LogP) is 3.29. The van der Waals surface area contributed by atoms with Gasteiger partial charge in [-0.15, -0.1) is 10.2 Å². The van der Waals surface area contributed by atoms with Gasteiger partial charge in [-0.1, -0.05) is 35.5 Å². The Morgan fingerprint density at radius 3 is 2.93 bits per heavy atom. The number of hydrogen-bond acceptors (Lipinski definition) is 6. The number of nitrogens with zero attached hydrogens (tertiary/aromatic N) is 6. The van der Waals surface area contributed by atoms with Crippen LogP contribution in [-0.2, 0) is 11.3 Å². The molecule has 146 valence electrons. The van der Waals surface area contributed by atoms with Gasteiger partial charge in [-0.25, -0.2) is 0 Å². The highest BCUT2D eigenvalue weighted by Crippen LogP contribution is 2.21. The van der Waals surface area contributed by atoms with Gasteiger partial charge < -0.3 is 5.32 Å². The van der Waals surface area contributed by atoms with Gasteiger partial charge in [0.2, 0.25) is 5.91 Å². The first-order valence-electron chi connectivity index (χ1n) is 8.69. The number of pyridine rings is 1. The molecule has 0 unspecified atom stereocenters. The maximum absolute atomic E-state index is 12.3. The van der Waals surface area contributed by atoms with Crippen molar-refractivity contribution in [2.45, 2.75) is 11.7 Å². The normalized spacial score (nSPS) is 10.8. The van der Waals surface area contributed by atoms with Gasteiger partial charge in [-0.05, 0) is 30.3 Å². The fourth-order valence-corrected chi connectivity index (χ4v) is 3.52. The Bertz CT molecular complexity index is 1110. The van der Waals surface area contributed by atoms with Crippen molar-refractivity contribution in [2.75, 3.05) is 11.1 Å². The average Bonchev–Trinajstić information content (AvgIpc) is 3.36.